The Balaban J connectivity index is 1.72. The highest BCUT2D eigenvalue weighted by Crippen LogP contribution is 2.53. The SMILES string of the molecule is COCCNCC1CC1(C)Cc1ccccc1. The number of ether oxygens (including phenoxy) is 1. The van der Waals surface area contributed by atoms with Crippen LogP contribution >= 0.6 is 0 Å². The Morgan fingerprint density at radius 1 is 1.35 bits per heavy atom. The zero-order chi connectivity index (χ0) is 12.1. The maximum atomic E-state index is 5.03. The van der Waals surface area contributed by atoms with E-state index in [0.29, 0.717) is 5.41 Å². The van der Waals surface area contributed by atoms with Crippen molar-refractivity contribution in [2.75, 3.05) is 26.8 Å². The van der Waals surface area contributed by atoms with Gasteiger partial charge in [-0.05, 0) is 36.3 Å². The van der Waals surface area contributed by atoms with E-state index in [9.17, 15) is 0 Å². The second kappa shape index (κ2) is 5.65. The van der Waals surface area contributed by atoms with E-state index in [0.717, 1.165) is 25.6 Å². The summed E-state index contributed by atoms with van der Waals surface area (Å²) >= 11 is 0. The molecule has 17 heavy (non-hydrogen) atoms. The third kappa shape index (κ3) is 3.55. The van der Waals surface area contributed by atoms with E-state index in [-0.39, 0.29) is 0 Å². The van der Waals surface area contributed by atoms with Gasteiger partial charge in [-0.3, -0.25) is 0 Å². The zero-order valence-electron chi connectivity index (χ0n) is 10.9. The largest absolute Gasteiger partial charge is 0.383 e. The molecule has 0 saturated heterocycles. The molecule has 2 nitrogen and oxygen atoms in total. The molecule has 0 bridgehead atoms. The minimum atomic E-state index is 0.515. The van der Waals surface area contributed by atoms with Crippen LogP contribution in [0.15, 0.2) is 30.3 Å². The summed E-state index contributed by atoms with van der Waals surface area (Å²) in [6, 6.07) is 10.8. The Morgan fingerprint density at radius 2 is 2.12 bits per heavy atom. The molecule has 0 aliphatic heterocycles. The van der Waals surface area contributed by atoms with E-state index in [1.165, 1.54) is 18.4 Å². The molecule has 0 spiro atoms. The summed E-state index contributed by atoms with van der Waals surface area (Å²) in [5, 5.41) is 3.46. The van der Waals surface area contributed by atoms with E-state index in [1.807, 2.05) is 0 Å². The first-order valence-electron chi connectivity index (χ1n) is 6.48. The van der Waals surface area contributed by atoms with Crippen LogP contribution in [0.25, 0.3) is 0 Å². The van der Waals surface area contributed by atoms with Gasteiger partial charge in [0.1, 0.15) is 0 Å². The average Bonchev–Trinajstić information content (AvgIpc) is 2.96. The van der Waals surface area contributed by atoms with Crippen molar-refractivity contribution in [3.63, 3.8) is 0 Å². The summed E-state index contributed by atoms with van der Waals surface area (Å²) in [6.07, 6.45) is 2.56. The molecular formula is C15H23NO. The van der Waals surface area contributed by atoms with E-state index < -0.39 is 0 Å². The van der Waals surface area contributed by atoms with Crippen molar-refractivity contribution in [1.29, 1.82) is 0 Å². The highest BCUT2D eigenvalue weighted by atomic mass is 16.5. The summed E-state index contributed by atoms with van der Waals surface area (Å²) in [6.45, 7) is 5.31. The van der Waals surface area contributed by atoms with E-state index in [1.54, 1.807) is 7.11 Å². The lowest BCUT2D eigenvalue weighted by Crippen LogP contribution is -2.23. The van der Waals surface area contributed by atoms with Crippen molar-refractivity contribution in [2.45, 2.75) is 19.8 Å². The first-order valence-corrected chi connectivity index (χ1v) is 6.48. The maximum Gasteiger partial charge on any atom is 0.0587 e. The summed E-state index contributed by atoms with van der Waals surface area (Å²) in [5.74, 6) is 0.833. The first-order chi connectivity index (χ1) is 8.24. The molecule has 2 rings (SSSR count). The van der Waals surface area contributed by atoms with Crippen molar-refractivity contribution in [1.82, 2.24) is 5.32 Å². The molecule has 0 radical (unpaired) electrons. The van der Waals surface area contributed by atoms with Crippen molar-refractivity contribution in [3.05, 3.63) is 35.9 Å². The minimum absolute atomic E-state index is 0.515. The Bertz CT molecular complexity index is 338. The molecule has 0 amide bonds. The molecule has 1 aliphatic rings. The highest BCUT2D eigenvalue weighted by molar-refractivity contribution is 5.19. The Morgan fingerprint density at radius 3 is 2.82 bits per heavy atom. The number of hydrogen-bond acceptors (Lipinski definition) is 2. The molecule has 0 aromatic heterocycles. The van der Waals surface area contributed by atoms with Crippen molar-refractivity contribution < 1.29 is 4.74 Å². The normalized spacial score (nSPS) is 27.1. The summed E-state index contributed by atoms with van der Waals surface area (Å²) < 4.78 is 5.03. The number of nitrogens with one attached hydrogen (secondary N) is 1. The average molecular weight is 233 g/mol. The number of methoxy groups -OCH3 is 1. The van der Waals surface area contributed by atoms with Gasteiger partial charge in [0.05, 0.1) is 6.61 Å². The predicted octanol–water partition coefficient (Wildman–Crippen LogP) is 2.49. The maximum absolute atomic E-state index is 5.03. The van der Waals surface area contributed by atoms with Gasteiger partial charge >= 0.3 is 0 Å². The molecule has 2 unspecified atom stereocenters. The van der Waals surface area contributed by atoms with Gasteiger partial charge in [0.2, 0.25) is 0 Å². The van der Waals surface area contributed by atoms with Crippen LogP contribution in [0.2, 0.25) is 0 Å². The molecule has 1 aromatic carbocycles. The Labute approximate surface area is 104 Å². The molecule has 2 heteroatoms. The molecule has 1 fully saturated rings. The molecule has 1 saturated carbocycles. The second-order valence-electron chi connectivity index (χ2n) is 5.41. The van der Waals surface area contributed by atoms with Crippen LogP contribution in [0.1, 0.15) is 18.9 Å². The lowest BCUT2D eigenvalue weighted by Gasteiger charge is -2.12. The van der Waals surface area contributed by atoms with Gasteiger partial charge < -0.3 is 10.1 Å². The zero-order valence-corrected chi connectivity index (χ0v) is 10.9. The lowest BCUT2D eigenvalue weighted by molar-refractivity contribution is 0.198. The number of benzene rings is 1. The second-order valence-corrected chi connectivity index (χ2v) is 5.41. The monoisotopic (exact) mass is 233 g/mol. The third-order valence-electron chi connectivity index (χ3n) is 3.86. The fraction of sp³-hybridized carbons (Fsp3) is 0.600. The van der Waals surface area contributed by atoms with Gasteiger partial charge in [-0.2, -0.15) is 0 Å². The topological polar surface area (TPSA) is 21.3 Å². The minimum Gasteiger partial charge on any atom is -0.383 e. The highest BCUT2D eigenvalue weighted by Gasteiger charge is 2.48. The first kappa shape index (κ1) is 12.6. The van der Waals surface area contributed by atoms with E-state index in [4.69, 9.17) is 4.74 Å². The quantitative estimate of drug-likeness (QED) is 0.731. The van der Waals surface area contributed by atoms with Crippen LogP contribution in [0.5, 0.6) is 0 Å². The predicted molar refractivity (Wildman–Crippen MR) is 71.1 cm³/mol. The van der Waals surface area contributed by atoms with Crippen LogP contribution in [-0.2, 0) is 11.2 Å². The lowest BCUT2D eigenvalue weighted by atomic mass is 9.96. The van der Waals surface area contributed by atoms with Gasteiger partial charge in [-0.25, -0.2) is 0 Å². The van der Waals surface area contributed by atoms with Gasteiger partial charge in [-0.15, -0.1) is 0 Å². The third-order valence-corrected chi connectivity index (χ3v) is 3.86. The van der Waals surface area contributed by atoms with Crippen molar-refractivity contribution >= 4 is 0 Å². The van der Waals surface area contributed by atoms with Crippen LogP contribution in [0.3, 0.4) is 0 Å². The number of hydrogen-bond donors (Lipinski definition) is 1. The fourth-order valence-electron chi connectivity index (χ4n) is 2.55. The number of rotatable bonds is 7. The molecular weight excluding hydrogens is 210 g/mol. The molecule has 0 heterocycles. The molecule has 94 valence electrons. The van der Waals surface area contributed by atoms with Gasteiger partial charge in [0.15, 0.2) is 0 Å². The van der Waals surface area contributed by atoms with Crippen molar-refractivity contribution in [2.24, 2.45) is 11.3 Å². The van der Waals surface area contributed by atoms with E-state index >= 15 is 0 Å². The summed E-state index contributed by atoms with van der Waals surface area (Å²) in [5.41, 5.74) is 1.98. The molecule has 1 N–H and O–H groups in total. The van der Waals surface area contributed by atoms with Crippen LogP contribution in [0.4, 0.5) is 0 Å². The smallest absolute Gasteiger partial charge is 0.0587 e. The van der Waals surface area contributed by atoms with Gasteiger partial charge in [-0.1, -0.05) is 37.3 Å². The van der Waals surface area contributed by atoms with Crippen LogP contribution in [0, 0.1) is 11.3 Å². The molecule has 1 aliphatic carbocycles. The molecule has 1 aromatic rings. The van der Waals surface area contributed by atoms with Gasteiger partial charge in [0, 0.05) is 13.7 Å². The van der Waals surface area contributed by atoms with Crippen molar-refractivity contribution in [3.8, 4) is 0 Å². The van der Waals surface area contributed by atoms with E-state index in [2.05, 4.69) is 42.6 Å². The summed E-state index contributed by atoms with van der Waals surface area (Å²) in [7, 11) is 1.75. The van der Waals surface area contributed by atoms with Crippen LogP contribution < -0.4 is 5.32 Å². The van der Waals surface area contributed by atoms with Gasteiger partial charge in [0.25, 0.3) is 0 Å². The Kier molecular flexibility index (Phi) is 4.19. The Hall–Kier alpha value is -0.860. The standard InChI is InChI=1S/C15H23NO/c1-15(10-13-6-4-3-5-7-13)11-14(15)12-16-8-9-17-2/h3-7,14,16H,8-12H2,1-2H3. The molecule has 2 atom stereocenters. The van der Waals surface area contributed by atoms with Crippen LogP contribution in [-0.4, -0.2) is 26.8 Å². The summed E-state index contributed by atoms with van der Waals surface area (Å²) in [4.78, 5) is 0. The fourth-order valence-corrected chi connectivity index (χ4v) is 2.55.